The Morgan fingerprint density at radius 2 is 1.87 bits per heavy atom. The van der Waals surface area contributed by atoms with Crippen LogP contribution in [-0.4, -0.2) is 16.2 Å². The second kappa shape index (κ2) is 5.70. The van der Waals surface area contributed by atoms with Crippen molar-refractivity contribution in [2.45, 2.75) is 64.7 Å². The van der Waals surface area contributed by atoms with Crippen LogP contribution in [0.3, 0.4) is 0 Å². The Morgan fingerprint density at radius 3 is 2.48 bits per heavy atom. The summed E-state index contributed by atoms with van der Waals surface area (Å²) >= 11 is 0. The van der Waals surface area contributed by atoms with E-state index in [0.29, 0.717) is 17.8 Å². The quantitative estimate of drug-likeness (QED) is 0.741. The fourth-order valence-electron chi connectivity index (χ4n) is 4.74. The van der Waals surface area contributed by atoms with Crippen molar-refractivity contribution in [2.75, 3.05) is 0 Å². The molecule has 4 unspecified atom stereocenters. The molecular formula is C20H26O3. The van der Waals surface area contributed by atoms with Gasteiger partial charge < -0.3 is 10.2 Å². The van der Waals surface area contributed by atoms with Crippen molar-refractivity contribution < 1.29 is 15.0 Å². The Balaban J connectivity index is 2.34. The van der Waals surface area contributed by atoms with E-state index in [9.17, 15) is 15.0 Å². The first-order valence-corrected chi connectivity index (χ1v) is 8.59. The summed E-state index contributed by atoms with van der Waals surface area (Å²) in [6.45, 7) is 8.53. The number of phenols is 1. The molecule has 0 aliphatic heterocycles. The second-order valence-electron chi connectivity index (χ2n) is 7.64. The number of allylic oxidation sites excluding steroid dienone is 2. The third-order valence-corrected chi connectivity index (χ3v) is 5.65. The molecule has 0 saturated carbocycles. The molecule has 2 N–H and O–H groups in total. The van der Waals surface area contributed by atoms with Crippen molar-refractivity contribution in [2.24, 2.45) is 5.92 Å². The Hall–Kier alpha value is -1.77. The van der Waals surface area contributed by atoms with Gasteiger partial charge in [-0.15, -0.1) is 0 Å². The molecule has 0 spiro atoms. The summed E-state index contributed by atoms with van der Waals surface area (Å²) in [7, 11) is 0. The molecule has 3 heteroatoms. The molecule has 0 bridgehead atoms. The number of phenolic OH excluding ortho intramolecular Hbond substituents is 1. The summed E-state index contributed by atoms with van der Waals surface area (Å²) < 4.78 is 0. The first-order chi connectivity index (χ1) is 10.8. The van der Waals surface area contributed by atoms with Crippen molar-refractivity contribution >= 4 is 5.97 Å². The van der Waals surface area contributed by atoms with E-state index in [0.717, 1.165) is 36.0 Å². The molecule has 0 saturated heterocycles. The van der Waals surface area contributed by atoms with Crippen LogP contribution in [0.15, 0.2) is 17.7 Å². The highest BCUT2D eigenvalue weighted by Crippen LogP contribution is 2.55. The van der Waals surface area contributed by atoms with Crippen molar-refractivity contribution in [3.63, 3.8) is 0 Å². The normalized spacial score (nSPS) is 28.9. The predicted octanol–water partition coefficient (Wildman–Crippen LogP) is 5.16. The number of carboxylic acid groups (broad SMARTS) is 1. The first kappa shape index (κ1) is 16.1. The molecule has 23 heavy (non-hydrogen) atoms. The standard InChI is InChI=1S/C20H26O3/c1-10(2)7-13-8-12(4)14-6-5-11(3)17-16(21)9-15(20(22)23)18(13)19(14)17/h7,9,11-14,21H,5-6,8H2,1-4H3,(H,22,23). The maximum atomic E-state index is 11.8. The van der Waals surface area contributed by atoms with Gasteiger partial charge in [0.25, 0.3) is 0 Å². The monoisotopic (exact) mass is 314 g/mol. The number of benzene rings is 1. The molecule has 4 atom stereocenters. The summed E-state index contributed by atoms with van der Waals surface area (Å²) in [6.07, 6.45) is 5.34. The fraction of sp³-hybridized carbons (Fsp3) is 0.550. The lowest BCUT2D eigenvalue weighted by Gasteiger charge is -2.42. The largest absolute Gasteiger partial charge is 0.508 e. The van der Waals surface area contributed by atoms with E-state index >= 15 is 0 Å². The van der Waals surface area contributed by atoms with E-state index in [2.05, 4.69) is 33.8 Å². The van der Waals surface area contributed by atoms with Crippen molar-refractivity contribution in [1.29, 1.82) is 0 Å². The summed E-state index contributed by atoms with van der Waals surface area (Å²) in [5.74, 6) is 0.554. The van der Waals surface area contributed by atoms with Gasteiger partial charge in [-0.05, 0) is 68.1 Å². The minimum atomic E-state index is -0.934. The van der Waals surface area contributed by atoms with Gasteiger partial charge in [0.1, 0.15) is 5.75 Å². The van der Waals surface area contributed by atoms with Crippen LogP contribution in [0, 0.1) is 5.92 Å². The molecule has 0 amide bonds. The highest BCUT2D eigenvalue weighted by atomic mass is 16.4. The van der Waals surface area contributed by atoms with Crippen LogP contribution >= 0.6 is 0 Å². The smallest absolute Gasteiger partial charge is 0.336 e. The van der Waals surface area contributed by atoms with Crippen LogP contribution < -0.4 is 0 Å². The van der Waals surface area contributed by atoms with E-state index in [1.54, 1.807) is 0 Å². The van der Waals surface area contributed by atoms with Gasteiger partial charge in [-0.25, -0.2) is 4.79 Å². The summed E-state index contributed by atoms with van der Waals surface area (Å²) in [5.41, 5.74) is 4.60. The van der Waals surface area contributed by atoms with Crippen LogP contribution in [0.5, 0.6) is 5.75 Å². The number of aromatic carboxylic acids is 1. The van der Waals surface area contributed by atoms with Gasteiger partial charge in [-0.1, -0.05) is 25.5 Å². The van der Waals surface area contributed by atoms with Gasteiger partial charge in [0, 0.05) is 11.5 Å². The number of aromatic hydroxyl groups is 1. The van der Waals surface area contributed by atoms with E-state index in [-0.39, 0.29) is 17.2 Å². The minimum absolute atomic E-state index is 0.136. The van der Waals surface area contributed by atoms with E-state index < -0.39 is 5.97 Å². The molecular weight excluding hydrogens is 288 g/mol. The van der Waals surface area contributed by atoms with Gasteiger partial charge in [-0.3, -0.25) is 0 Å². The maximum Gasteiger partial charge on any atom is 0.336 e. The average Bonchev–Trinajstić information content (AvgIpc) is 2.44. The van der Waals surface area contributed by atoms with Crippen molar-refractivity contribution in [3.05, 3.63) is 40.0 Å². The van der Waals surface area contributed by atoms with Crippen LogP contribution in [0.1, 0.15) is 91.8 Å². The van der Waals surface area contributed by atoms with E-state index in [1.807, 2.05) is 0 Å². The van der Waals surface area contributed by atoms with Crippen LogP contribution in [0.25, 0.3) is 0 Å². The number of hydrogen-bond donors (Lipinski definition) is 2. The number of carboxylic acids is 1. The van der Waals surface area contributed by atoms with Crippen LogP contribution in [0.2, 0.25) is 0 Å². The Bertz CT molecular complexity index is 683. The summed E-state index contributed by atoms with van der Waals surface area (Å²) in [6, 6.07) is 1.48. The van der Waals surface area contributed by atoms with E-state index in [1.165, 1.54) is 11.6 Å². The van der Waals surface area contributed by atoms with Gasteiger partial charge in [0.2, 0.25) is 0 Å². The molecule has 2 aliphatic rings. The highest BCUT2D eigenvalue weighted by Gasteiger charge is 2.40. The molecule has 0 radical (unpaired) electrons. The van der Waals surface area contributed by atoms with Gasteiger partial charge in [0.05, 0.1) is 5.56 Å². The molecule has 2 aliphatic carbocycles. The Morgan fingerprint density at radius 1 is 1.17 bits per heavy atom. The third-order valence-electron chi connectivity index (χ3n) is 5.65. The molecule has 1 aromatic rings. The molecule has 1 aromatic carbocycles. The molecule has 124 valence electrons. The number of rotatable bonds is 2. The van der Waals surface area contributed by atoms with Crippen LogP contribution in [0.4, 0.5) is 0 Å². The maximum absolute atomic E-state index is 11.8. The average molecular weight is 314 g/mol. The zero-order valence-corrected chi connectivity index (χ0v) is 14.4. The van der Waals surface area contributed by atoms with Gasteiger partial charge >= 0.3 is 5.97 Å². The Labute approximate surface area is 138 Å². The molecule has 3 rings (SSSR count). The minimum Gasteiger partial charge on any atom is -0.508 e. The molecule has 0 aromatic heterocycles. The molecule has 0 fully saturated rings. The molecule has 3 nitrogen and oxygen atoms in total. The lowest BCUT2D eigenvalue weighted by Crippen LogP contribution is -2.29. The number of carbonyl (C=O) groups is 1. The topological polar surface area (TPSA) is 57.5 Å². The van der Waals surface area contributed by atoms with Crippen molar-refractivity contribution in [3.8, 4) is 5.75 Å². The van der Waals surface area contributed by atoms with Crippen molar-refractivity contribution in [1.82, 2.24) is 0 Å². The van der Waals surface area contributed by atoms with Crippen LogP contribution in [-0.2, 0) is 0 Å². The SMILES string of the molecule is CC(C)=CC1CC(C)C2CCC(C)c3c(O)cc(C(=O)O)c1c32. The predicted molar refractivity (Wildman–Crippen MR) is 91.4 cm³/mol. The first-order valence-electron chi connectivity index (χ1n) is 8.59. The lowest BCUT2D eigenvalue weighted by atomic mass is 9.62. The molecule has 0 heterocycles. The highest BCUT2D eigenvalue weighted by molar-refractivity contribution is 5.91. The van der Waals surface area contributed by atoms with E-state index in [4.69, 9.17) is 0 Å². The summed E-state index contributed by atoms with van der Waals surface area (Å²) in [5, 5.41) is 20.2. The number of hydrogen-bond acceptors (Lipinski definition) is 2. The summed E-state index contributed by atoms with van der Waals surface area (Å²) in [4.78, 5) is 11.8. The third kappa shape index (κ3) is 2.56. The second-order valence-corrected chi connectivity index (χ2v) is 7.64. The lowest BCUT2D eigenvalue weighted by molar-refractivity contribution is 0.0693. The zero-order chi connectivity index (χ0) is 16.9. The van der Waals surface area contributed by atoms with Gasteiger partial charge in [0.15, 0.2) is 0 Å². The Kier molecular flexibility index (Phi) is 3.99. The zero-order valence-electron chi connectivity index (χ0n) is 14.4. The fourth-order valence-corrected chi connectivity index (χ4v) is 4.74. The van der Waals surface area contributed by atoms with Gasteiger partial charge in [-0.2, -0.15) is 0 Å².